The fourth-order valence-electron chi connectivity index (χ4n) is 3.68. The van der Waals surface area contributed by atoms with Gasteiger partial charge in [0.15, 0.2) is 6.29 Å². The highest BCUT2D eigenvalue weighted by Gasteiger charge is 2.45. The van der Waals surface area contributed by atoms with E-state index >= 15 is 0 Å². The summed E-state index contributed by atoms with van der Waals surface area (Å²) in [6.45, 7) is -0.519. The van der Waals surface area contributed by atoms with Gasteiger partial charge in [-0.2, -0.15) is 0 Å². The number of hydrogen-bond donors (Lipinski definition) is 5. The van der Waals surface area contributed by atoms with E-state index < -0.39 is 55.3 Å². The fraction of sp³-hybridized carbons (Fsp3) is 0.417. The lowest BCUT2D eigenvalue weighted by Gasteiger charge is -2.42. The van der Waals surface area contributed by atoms with E-state index in [9.17, 15) is 24.9 Å². The van der Waals surface area contributed by atoms with Gasteiger partial charge in [0.2, 0.25) is 5.91 Å². The van der Waals surface area contributed by atoms with Crippen LogP contribution in [0.2, 0.25) is 0 Å². The van der Waals surface area contributed by atoms with Crippen molar-refractivity contribution in [2.24, 2.45) is 0 Å². The Morgan fingerprint density at radius 3 is 2.21 bits per heavy atom. The maximum atomic E-state index is 13.2. The lowest BCUT2D eigenvalue weighted by atomic mass is 9.95. The molecule has 1 heterocycles. The summed E-state index contributed by atoms with van der Waals surface area (Å²) in [5.41, 5.74) is 1.57. The molecular formula is C24H30N2O8. The topological polar surface area (TPSA) is 147 Å². The number of carbonyl (C=O) groups excluding carboxylic acids is 2. The molecule has 0 radical (unpaired) electrons. The van der Waals surface area contributed by atoms with E-state index in [-0.39, 0.29) is 13.0 Å². The van der Waals surface area contributed by atoms with Gasteiger partial charge in [0.25, 0.3) is 0 Å². The van der Waals surface area contributed by atoms with Crippen molar-refractivity contribution >= 4 is 12.0 Å². The summed E-state index contributed by atoms with van der Waals surface area (Å²) in [5, 5.41) is 35.6. The number of methoxy groups -OCH3 is 1. The van der Waals surface area contributed by atoms with Crippen LogP contribution in [0.25, 0.3) is 0 Å². The molecule has 5 N–H and O–H groups in total. The quantitative estimate of drug-likeness (QED) is 0.344. The second kappa shape index (κ2) is 12.4. The zero-order valence-corrected chi connectivity index (χ0v) is 18.7. The normalized spacial score (nSPS) is 25.2. The highest BCUT2D eigenvalue weighted by molar-refractivity contribution is 5.86. The van der Waals surface area contributed by atoms with Crippen LogP contribution in [0.15, 0.2) is 60.7 Å². The molecule has 10 heteroatoms. The molecule has 34 heavy (non-hydrogen) atoms. The Hall–Kier alpha value is -3.02. The molecule has 0 saturated carbocycles. The van der Waals surface area contributed by atoms with Crippen LogP contribution in [-0.4, -0.2) is 77.7 Å². The van der Waals surface area contributed by atoms with Crippen LogP contribution in [-0.2, 0) is 32.0 Å². The standard InChI is InChI=1S/C24H30N2O8/c1-32-23-21(29)19(20(28)18(13-27)34-23)26-22(30)17(12-15-8-4-2-5-9-15)25-24(31)33-14-16-10-6-3-7-11-16/h2-11,17-21,23,27-29H,12-14H2,1H3,(H,25,31)(H,26,30)/t17-,18+,19-,20-,21+,23-/m1/s1. The zero-order valence-electron chi connectivity index (χ0n) is 18.7. The van der Waals surface area contributed by atoms with E-state index in [1.807, 2.05) is 24.3 Å². The van der Waals surface area contributed by atoms with E-state index in [0.717, 1.165) is 11.1 Å². The summed E-state index contributed by atoms with van der Waals surface area (Å²) in [6, 6.07) is 15.9. The summed E-state index contributed by atoms with van der Waals surface area (Å²) in [6.07, 6.45) is -5.71. The van der Waals surface area contributed by atoms with E-state index in [0.29, 0.717) is 0 Å². The number of hydrogen-bond acceptors (Lipinski definition) is 8. The van der Waals surface area contributed by atoms with E-state index in [2.05, 4.69) is 10.6 Å². The third kappa shape index (κ3) is 6.75. The molecule has 0 unspecified atom stereocenters. The van der Waals surface area contributed by atoms with Crippen LogP contribution in [0.4, 0.5) is 4.79 Å². The van der Waals surface area contributed by atoms with Crippen LogP contribution in [0.3, 0.4) is 0 Å². The molecule has 0 aliphatic carbocycles. The molecule has 0 spiro atoms. The van der Waals surface area contributed by atoms with Gasteiger partial charge in [-0.25, -0.2) is 4.79 Å². The van der Waals surface area contributed by atoms with Crippen LogP contribution in [0, 0.1) is 0 Å². The summed E-state index contributed by atoms with van der Waals surface area (Å²) >= 11 is 0. The van der Waals surface area contributed by atoms with Gasteiger partial charge in [0.1, 0.15) is 31.0 Å². The first-order chi connectivity index (χ1) is 16.4. The van der Waals surface area contributed by atoms with Gasteiger partial charge in [0, 0.05) is 13.5 Å². The number of alkyl carbamates (subject to hydrolysis) is 1. The third-order valence-corrected chi connectivity index (χ3v) is 5.53. The van der Waals surface area contributed by atoms with Crippen molar-refractivity contribution in [3.63, 3.8) is 0 Å². The number of aliphatic hydroxyl groups excluding tert-OH is 3. The number of amides is 2. The molecule has 2 aromatic rings. The largest absolute Gasteiger partial charge is 0.445 e. The molecule has 0 bridgehead atoms. The van der Waals surface area contributed by atoms with Crippen molar-refractivity contribution < 1.29 is 39.1 Å². The zero-order chi connectivity index (χ0) is 24.5. The first-order valence-corrected chi connectivity index (χ1v) is 10.9. The molecule has 1 aliphatic heterocycles. The monoisotopic (exact) mass is 474 g/mol. The summed E-state index contributed by atoms with van der Waals surface area (Å²) in [4.78, 5) is 25.6. The van der Waals surface area contributed by atoms with Gasteiger partial charge < -0.3 is 40.2 Å². The molecule has 3 rings (SSSR count). The molecule has 2 amide bonds. The Morgan fingerprint density at radius 2 is 1.62 bits per heavy atom. The smallest absolute Gasteiger partial charge is 0.408 e. The highest BCUT2D eigenvalue weighted by Crippen LogP contribution is 2.22. The Labute approximate surface area is 197 Å². The minimum absolute atomic E-state index is 0.0252. The number of benzene rings is 2. The molecule has 1 aliphatic rings. The summed E-state index contributed by atoms with van der Waals surface area (Å²) < 4.78 is 15.6. The number of aliphatic hydroxyl groups is 3. The molecular weight excluding hydrogens is 444 g/mol. The Balaban J connectivity index is 1.71. The first-order valence-electron chi connectivity index (χ1n) is 10.9. The Kier molecular flexibility index (Phi) is 9.37. The van der Waals surface area contributed by atoms with Gasteiger partial charge in [-0.1, -0.05) is 60.7 Å². The van der Waals surface area contributed by atoms with Crippen LogP contribution < -0.4 is 10.6 Å². The van der Waals surface area contributed by atoms with Crippen LogP contribution in [0.1, 0.15) is 11.1 Å². The second-order valence-corrected chi connectivity index (χ2v) is 7.93. The molecule has 2 aromatic carbocycles. The minimum Gasteiger partial charge on any atom is -0.445 e. The lowest BCUT2D eigenvalue weighted by molar-refractivity contribution is -0.271. The van der Waals surface area contributed by atoms with E-state index in [1.54, 1.807) is 36.4 Å². The van der Waals surface area contributed by atoms with Crippen molar-refractivity contribution in [3.05, 3.63) is 71.8 Å². The lowest BCUT2D eigenvalue weighted by Crippen LogP contribution is -2.66. The van der Waals surface area contributed by atoms with Crippen molar-refractivity contribution in [1.82, 2.24) is 10.6 Å². The minimum atomic E-state index is -1.41. The Morgan fingerprint density at radius 1 is 1.00 bits per heavy atom. The average Bonchev–Trinajstić information content (AvgIpc) is 2.86. The molecule has 1 saturated heterocycles. The van der Waals surface area contributed by atoms with E-state index in [4.69, 9.17) is 14.2 Å². The van der Waals surface area contributed by atoms with E-state index in [1.165, 1.54) is 7.11 Å². The first kappa shape index (κ1) is 25.6. The second-order valence-electron chi connectivity index (χ2n) is 7.93. The molecule has 10 nitrogen and oxygen atoms in total. The van der Waals surface area contributed by atoms with Gasteiger partial charge in [0.05, 0.1) is 12.6 Å². The number of nitrogens with one attached hydrogen (secondary N) is 2. The SMILES string of the molecule is CO[C@@H]1O[C@@H](CO)[C@@H](O)[C@@H](NC(=O)[C@@H](Cc2ccccc2)NC(=O)OCc2ccccc2)[C@@H]1O. The maximum absolute atomic E-state index is 13.2. The molecule has 6 atom stereocenters. The molecule has 184 valence electrons. The predicted octanol–water partition coefficient (Wildman–Crippen LogP) is 0.0943. The van der Waals surface area contributed by atoms with Gasteiger partial charge in [-0.3, -0.25) is 4.79 Å². The summed E-state index contributed by atoms with van der Waals surface area (Å²) in [7, 11) is 1.29. The number of ether oxygens (including phenoxy) is 3. The van der Waals surface area contributed by atoms with Crippen LogP contribution >= 0.6 is 0 Å². The van der Waals surface area contributed by atoms with Gasteiger partial charge in [-0.05, 0) is 11.1 Å². The van der Waals surface area contributed by atoms with Gasteiger partial charge >= 0.3 is 6.09 Å². The fourth-order valence-corrected chi connectivity index (χ4v) is 3.68. The number of carbonyl (C=O) groups is 2. The van der Waals surface area contributed by atoms with Gasteiger partial charge in [-0.15, -0.1) is 0 Å². The maximum Gasteiger partial charge on any atom is 0.408 e. The van der Waals surface area contributed by atoms with Crippen molar-refractivity contribution in [1.29, 1.82) is 0 Å². The highest BCUT2D eigenvalue weighted by atomic mass is 16.7. The number of rotatable bonds is 9. The molecule has 0 aromatic heterocycles. The molecule has 1 fully saturated rings. The van der Waals surface area contributed by atoms with Crippen LogP contribution in [0.5, 0.6) is 0 Å². The predicted molar refractivity (Wildman–Crippen MR) is 120 cm³/mol. The summed E-state index contributed by atoms with van der Waals surface area (Å²) in [5.74, 6) is -0.656. The third-order valence-electron chi connectivity index (χ3n) is 5.53. The van der Waals surface area contributed by atoms with Crippen molar-refractivity contribution in [3.8, 4) is 0 Å². The van der Waals surface area contributed by atoms with Crippen molar-refractivity contribution in [2.45, 2.75) is 49.7 Å². The Bertz CT molecular complexity index is 898. The van der Waals surface area contributed by atoms with Crippen molar-refractivity contribution in [2.75, 3.05) is 13.7 Å². The average molecular weight is 475 g/mol.